The highest BCUT2D eigenvalue weighted by Gasteiger charge is 2.22. The van der Waals surface area contributed by atoms with Crippen LogP contribution in [0.25, 0.3) is 0 Å². The summed E-state index contributed by atoms with van der Waals surface area (Å²) < 4.78 is 10.7. The number of para-hydroxylation sites is 1. The van der Waals surface area contributed by atoms with E-state index in [1.807, 2.05) is 5.32 Å². The zero-order chi connectivity index (χ0) is 19.1. The number of nitrogens with one attached hydrogen (secondary N) is 1. The lowest BCUT2D eigenvalue weighted by Crippen LogP contribution is -2.42. The molecule has 7 nitrogen and oxygen atoms in total. The molecule has 3 amide bonds. The number of nitrogens with two attached hydrogens (primary N) is 1. The minimum atomic E-state index is -1.20. The molecule has 0 saturated heterocycles. The predicted molar refractivity (Wildman–Crippen MR) is 94.8 cm³/mol. The predicted octanol–water partition coefficient (Wildman–Crippen LogP) is 2.66. The van der Waals surface area contributed by atoms with E-state index in [-0.39, 0.29) is 12.2 Å². The molecular formula is C18H17ClN2O5. The van der Waals surface area contributed by atoms with Crippen LogP contribution < -0.4 is 15.8 Å². The maximum atomic E-state index is 12.3. The Hall–Kier alpha value is -3.06. The van der Waals surface area contributed by atoms with Gasteiger partial charge in [0.1, 0.15) is 17.9 Å². The molecular weight excluding hydrogens is 360 g/mol. The summed E-state index contributed by atoms with van der Waals surface area (Å²) in [6.45, 7) is 1.55. The largest absolute Gasteiger partial charge is 0.488 e. The molecule has 0 aliphatic rings. The Labute approximate surface area is 155 Å². The van der Waals surface area contributed by atoms with Gasteiger partial charge in [0.05, 0.1) is 0 Å². The van der Waals surface area contributed by atoms with Crippen molar-refractivity contribution in [3.05, 3.63) is 64.7 Å². The fourth-order valence-electron chi connectivity index (χ4n) is 2.00. The molecule has 136 valence electrons. The molecule has 0 aliphatic carbocycles. The summed E-state index contributed by atoms with van der Waals surface area (Å²) in [5.74, 6) is -1.27. The average molecular weight is 377 g/mol. The van der Waals surface area contributed by atoms with Gasteiger partial charge in [-0.1, -0.05) is 35.9 Å². The number of amides is 3. The number of carbonyl (C=O) groups excluding carboxylic acids is 3. The van der Waals surface area contributed by atoms with Gasteiger partial charge in [0.2, 0.25) is 0 Å². The molecule has 8 heteroatoms. The summed E-state index contributed by atoms with van der Waals surface area (Å²) in [5.41, 5.74) is 5.88. The van der Waals surface area contributed by atoms with Gasteiger partial charge in [-0.3, -0.25) is 10.1 Å². The summed E-state index contributed by atoms with van der Waals surface area (Å²) in [5, 5.41) is 2.46. The SMILES string of the molecule is C[C@@H](OC(=O)c1ccccc1OCc1ccc(Cl)cc1)C(=O)NC(N)=O. The van der Waals surface area contributed by atoms with Crippen LogP contribution in [-0.2, 0) is 16.1 Å². The van der Waals surface area contributed by atoms with Crippen molar-refractivity contribution in [2.45, 2.75) is 19.6 Å². The zero-order valence-electron chi connectivity index (χ0n) is 13.9. The third-order valence-electron chi connectivity index (χ3n) is 3.31. The van der Waals surface area contributed by atoms with Gasteiger partial charge in [0, 0.05) is 5.02 Å². The summed E-state index contributed by atoms with van der Waals surface area (Å²) >= 11 is 5.84. The lowest BCUT2D eigenvalue weighted by molar-refractivity contribution is -0.127. The molecule has 0 fully saturated rings. The molecule has 1 atom stereocenters. The van der Waals surface area contributed by atoms with Crippen molar-refractivity contribution in [3.8, 4) is 5.75 Å². The van der Waals surface area contributed by atoms with Crippen molar-refractivity contribution >= 4 is 29.5 Å². The number of hydrogen-bond acceptors (Lipinski definition) is 5. The Balaban J connectivity index is 2.05. The van der Waals surface area contributed by atoms with Crippen LogP contribution in [0.5, 0.6) is 5.75 Å². The van der Waals surface area contributed by atoms with Gasteiger partial charge in [-0.05, 0) is 36.8 Å². The maximum absolute atomic E-state index is 12.3. The van der Waals surface area contributed by atoms with E-state index >= 15 is 0 Å². The van der Waals surface area contributed by atoms with Crippen molar-refractivity contribution in [2.24, 2.45) is 5.73 Å². The van der Waals surface area contributed by atoms with Gasteiger partial charge in [-0.15, -0.1) is 0 Å². The highest BCUT2D eigenvalue weighted by molar-refractivity contribution is 6.30. The number of ether oxygens (including phenoxy) is 2. The lowest BCUT2D eigenvalue weighted by atomic mass is 10.2. The van der Waals surface area contributed by atoms with Crippen LogP contribution in [0.4, 0.5) is 4.79 Å². The molecule has 3 N–H and O–H groups in total. The van der Waals surface area contributed by atoms with Crippen LogP contribution in [0.15, 0.2) is 48.5 Å². The number of urea groups is 1. The van der Waals surface area contributed by atoms with Crippen LogP contribution in [0, 0.1) is 0 Å². The molecule has 2 aromatic carbocycles. The normalized spacial score (nSPS) is 11.3. The van der Waals surface area contributed by atoms with Gasteiger partial charge in [-0.25, -0.2) is 9.59 Å². The van der Waals surface area contributed by atoms with Gasteiger partial charge >= 0.3 is 12.0 Å². The van der Waals surface area contributed by atoms with E-state index in [1.165, 1.54) is 13.0 Å². The highest BCUT2D eigenvalue weighted by Crippen LogP contribution is 2.21. The second-order valence-corrected chi connectivity index (χ2v) is 5.75. The van der Waals surface area contributed by atoms with E-state index in [4.69, 9.17) is 26.8 Å². The number of carbonyl (C=O) groups is 3. The third-order valence-corrected chi connectivity index (χ3v) is 3.57. The van der Waals surface area contributed by atoms with Crippen molar-refractivity contribution in [1.29, 1.82) is 0 Å². The zero-order valence-corrected chi connectivity index (χ0v) is 14.7. The average Bonchev–Trinajstić information content (AvgIpc) is 2.60. The Bertz CT molecular complexity index is 807. The van der Waals surface area contributed by atoms with Crippen LogP contribution >= 0.6 is 11.6 Å². The Morgan fingerprint density at radius 3 is 2.42 bits per heavy atom. The van der Waals surface area contributed by atoms with E-state index in [0.717, 1.165) is 5.56 Å². The van der Waals surface area contributed by atoms with E-state index in [1.54, 1.807) is 42.5 Å². The number of rotatable bonds is 6. The molecule has 0 saturated carbocycles. The standard InChI is InChI=1S/C18H17ClN2O5/c1-11(16(22)21-18(20)24)26-17(23)14-4-2-3-5-15(14)25-10-12-6-8-13(19)9-7-12/h2-9,11H,10H2,1H3,(H3,20,21,22,24)/t11-/m1/s1. The van der Waals surface area contributed by atoms with E-state index < -0.39 is 24.0 Å². The maximum Gasteiger partial charge on any atom is 0.342 e. The van der Waals surface area contributed by atoms with Gasteiger partial charge < -0.3 is 15.2 Å². The first kappa shape index (κ1) is 19.3. The van der Waals surface area contributed by atoms with Gasteiger partial charge in [-0.2, -0.15) is 0 Å². The van der Waals surface area contributed by atoms with Crippen molar-refractivity contribution in [1.82, 2.24) is 5.32 Å². The molecule has 26 heavy (non-hydrogen) atoms. The first-order valence-electron chi connectivity index (χ1n) is 7.64. The number of imide groups is 1. The highest BCUT2D eigenvalue weighted by atomic mass is 35.5. The molecule has 0 heterocycles. The Morgan fingerprint density at radius 1 is 1.12 bits per heavy atom. The number of halogens is 1. The Morgan fingerprint density at radius 2 is 1.77 bits per heavy atom. The minimum Gasteiger partial charge on any atom is -0.488 e. The number of esters is 1. The quantitative estimate of drug-likeness (QED) is 0.753. The molecule has 0 spiro atoms. The topological polar surface area (TPSA) is 108 Å². The molecule has 0 aliphatic heterocycles. The van der Waals surface area contributed by atoms with Crippen LogP contribution in [0.3, 0.4) is 0 Å². The van der Waals surface area contributed by atoms with Crippen LogP contribution in [0.2, 0.25) is 5.02 Å². The minimum absolute atomic E-state index is 0.153. The first-order valence-corrected chi connectivity index (χ1v) is 8.02. The molecule has 0 unspecified atom stereocenters. The summed E-state index contributed by atoms with van der Waals surface area (Å²) in [4.78, 5) is 34.6. The number of benzene rings is 2. The van der Waals surface area contributed by atoms with Crippen LogP contribution in [-0.4, -0.2) is 24.0 Å². The van der Waals surface area contributed by atoms with Crippen LogP contribution in [0.1, 0.15) is 22.8 Å². The molecule has 2 rings (SSSR count). The first-order chi connectivity index (χ1) is 12.4. The van der Waals surface area contributed by atoms with Crippen molar-refractivity contribution in [3.63, 3.8) is 0 Å². The fraction of sp³-hybridized carbons (Fsp3) is 0.167. The lowest BCUT2D eigenvalue weighted by Gasteiger charge is -2.14. The van der Waals surface area contributed by atoms with E-state index in [9.17, 15) is 14.4 Å². The Kier molecular flexibility index (Phi) is 6.57. The second kappa shape index (κ2) is 8.87. The molecule has 0 bridgehead atoms. The summed E-state index contributed by atoms with van der Waals surface area (Å²) in [6, 6.07) is 12.5. The number of primary amides is 1. The van der Waals surface area contributed by atoms with Crippen molar-refractivity contribution in [2.75, 3.05) is 0 Å². The summed E-state index contributed by atoms with van der Waals surface area (Å²) in [6.07, 6.45) is -1.20. The molecule has 0 aromatic heterocycles. The summed E-state index contributed by atoms with van der Waals surface area (Å²) in [7, 11) is 0. The van der Waals surface area contributed by atoms with Gasteiger partial charge in [0.25, 0.3) is 5.91 Å². The van der Waals surface area contributed by atoms with E-state index in [0.29, 0.717) is 10.8 Å². The molecule has 0 radical (unpaired) electrons. The monoisotopic (exact) mass is 376 g/mol. The third kappa shape index (κ3) is 5.49. The second-order valence-electron chi connectivity index (χ2n) is 5.31. The van der Waals surface area contributed by atoms with Gasteiger partial charge in [0.15, 0.2) is 6.10 Å². The fourth-order valence-corrected chi connectivity index (χ4v) is 2.13. The molecule has 2 aromatic rings. The number of hydrogen-bond donors (Lipinski definition) is 2. The smallest absolute Gasteiger partial charge is 0.342 e. The van der Waals surface area contributed by atoms with Crippen molar-refractivity contribution < 1.29 is 23.9 Å². The van der Waals surface area contributed by atoms with E-state index in [2.05, 4.69) is 0 Å².